The number of rotatable bonds is 5. The Labute approximate surface area is 202 Å². The van der Waals surface area contributed by atoms with Gasteiger partial charge in [-0.05, 0) is 49.7 Å². The Bertz CT molecular complexity index is 1460. The Hall–Kier alpha value is -4.59. The number of para-hydroxylation sites is 2. The maximum Gasteiger partial charge on any atom is 0.255 e. The molecule has 0 radical (unpaired) electrons. The molecule has 1 aliphatic heterocycles. The lowest BCUT2D eigenvalue weighted by molar-refractivity contribution is -0.113. The minimum Gasteiger partial charge on any atom is -0.508 e. The molecule has 8 heteroatoms. The van der Waals surface area contributed by atoms with Crippen LogP contribution in [0.2, 0.25) is 0 Å². The summed E-state index contributed by atoms with van der Waals surface area (Å²) in [7, 11) is 1.56. The molecule has 0 spiro atoms. The molecular formula is C27H25N5O3. The van der Waals surface area contributed by atoms with Gasteiger partial charge in [0.15, 0.2) is 5.82 Å². The van der Waals surface area contributed by atoms with E-state index in [2.05, 4.69) is 10.6 Å². The molecule has 0 aliphatic carbocycles. The minimum atomic E-state index is -0.612. The number of hydrogen-bond donors (Lipinski definition) is 3. The SMILES string of the molecule is COc1ccccc1NC(=O)C1=C(C)Nc2nc(-c3cccc(C)c3)nn2C1c1cccc(O)c1. The summed E-state index contributed by atoms with van der Waals surface area (Å²) >= 11 is 0. The number of carbonyl (C=O) groups is 1. The molecular weight excluding hydrogens is 442 g/mol. The highest BCUT2D eigenvalue weighted by Crippen LogP contribution is 2.38. The Morgan fingerprint density at radius 1 is 1.06 bits per heavy atom. The van der Waals surface area contributed by atoms with Crippen LogP contribution in [0.15, 0.2) is 84.1 Å². The van der Waals surface area contributed by atoms with Gasteiger partial charge in [0.1, 0.15) is 17.5 Å². The van der Waals surface area contributed by atoms with Crippen LogP contribution >= 0.6 is 0 Å². The van der Waals surface area contributed by atoms with Crippen molar-refractivity contribution in [3.8, 4) is 22.9 Å². The number of benzene rings is 3. The number of phenols is 1. The van der Waals surface area contributed by atoms with E-state index in [9.17, 15) is 9.90 Å². The number of amides is 1. The number of phenolic OH excluding ortho intramolecular Hbond substituents is 1. The molecule has 1 aliphatic rings. The lowest BCUT2D eigenvalue weighted by Crippen LogP contribution is -2.31. The first-order valence-corrected chi connectivity index (χ1v) is 11.2. The van der Waals surface area contributed by atoms with E-state index in [0.717, 1.165) is 11.1 Å². The number of ether oxygens (including phenoxy) is 1. The molecule has 0 bridgehead atoms. The number of nitrogens with one attached hydrogen (secondary N) is 2. The normalized spacial score (nSPS) is 14.8. The van der Waals surface area contributed by atoms with E-state index < -0.39 is 6.04 Å². The molecule has 4 aromatic rings. The Kier molecular flexibility index (Phi) is 5.70. The molecule has 1 atom stereocenters. The summed E-state index contributed by atoms with van der Waals surface area (Å²) in [6.45, 7) is 3.84. The Morgan fingerprint density at radius 3 is 2.63 bits per heavy atom. The second-order valence-electron chi connectivity index (χ2n) is 8.39. The highest BCUT2D eigenvalue weighted by atomic mass is 16.5. The van der Waals surface area contributed by atoms with Crippen molar-refractivity contribution >= 4 is 17.5 Å². The quantitative estimate of drug-likeness (QED) is 0.386. The van der Waals surface area contributed by atoms with Gasteiger partial charge in [-0.25, -0.2) is 4.68 Å². The van der Waals surface area contributed by atoms with Gasteiger partial charge < -0.3 is 20.5 Å². The molecule has 1 amide bonds. The van der Waals surface area contributed by atoms with E-state index in [-0.39, 0.29) is 11.7 Å². The van der Waals surface area contributed by atoms with Crippen molar-refractivity contribution in [1.29, 1.82) is 0 Å². The first-order valence-electron chi connectivity index (χ1n) is 11.2. The molecule has 5 rings (SSSR count). The number of aromatic hydroxyl groups is 1. The summed E-state index contributed by atoms with van der Waals surface area (Å²) in [5, 5.41) is 21.2. The Morgan fingerprint density at radius 2 is 1.86 bits per heavy atom. The molecule has 8 nitrogen and oxygen atoms in total. The fourth-order valence-corrected chi connectivity index (χ4v) is 4.29. The van der Waals surface area contributed by atoms with Gasteiger partial charge in [-0.2, -0.15) is 4.98 Å². The largest absolute Gasteiger partial charge is 0.508 e. The lowest BCUT2D eigenvalue weighted by atomic mass is 9.95. The smallest absolute Gasteiger partial charge is 0.255 e. The van der Waals surface area contributed by atoms with Crippen LogP contribution in [0.1, 0.15) is 24.1 Å². The van der Waals surface area contributed by atoms with Gasteiger partial charge in [0.25, 0.3) is 5.91 Å². The molecule has 3 aromatic carbocycles. The lowest BCUT2D eigenvalue weighted by Gasteiger charge is -2.29. The number of carbonyl (C=O) groups excluding carboxylic acids is 1. The fourth-order valence-electron chi connectivity index (χ4n) is 4.29. The van der Waals surface area contributed by atoms with Gasteiger partial charge in [-0.1, -0.05) is 48.0 Å². The summed E-state index contributed by atoms with van der Waals surface area (Å²) in [5.41, 5.74) is 4.33. The number of methoxy groups -OCH3 is 1. The Balaban J connectivity index is 1.61. The topological polar surface area (TPSA) is 101 Å². The second kappa shape index (κ2) is 8.98. The minimum absolute atomic E-state index is 0.101. The molecule has 3 N–H and O–H groups in total. The average Bonchev–Trinajstić information content (AvgIpc) is 3.27. The van der Waals surface area contributed by atoms with Gasteiger partial charge >= 0.3 is 0 Å². The van der Waals surface area contributed by atoms with Crippen LogP contribution in [-0.4, -0.2) is 32.9 Å². The first-order chi connectivity index (χ1) is 16.9. The van der Waals surface area contributed by atoms with Crippen molar-refractivity contribution in [2.75, 3.05) is 17.7 Å². The number of anilines is 2. The number of aryl methyl sites for hydroxylation is 1. The second-order valence-corrected chi connectivity index (χ2v) is 8.39. The van der Waals surface area contributed by atoms with Gasteiger partial charge in [0.2, 0.25) is 5.95 Å². The number of aromatic nitrogens is 3. The van der Waals surface area contributed by atoms with E-state index in [1.165, 1.54) is 0 Å². The standard InChI is InChI=1S/C27H25N5O3/c1-16-8-6-10-19(14-16)25-30-27-28-17(2)23(26(34)29-21-12-4-5-13-22(21)35-3)24(32(27)31-25)18-9-7-11-20(33)15-18/h4-15,24,33H,1-3H3,(H,29,34)(H,28,30,31). The zero-order valence-corrected chi connectivity index (χ0v) is 19.6. The summed E-state index contributed by atoms with van der Waals surface area (Å²) in [6.07, 6.45) is 0. The van der Waals surface area contributed by atoms with Crippen LogP contribution in [0.5, 0.6) is 11.5 Å². The summed E-state index contributed by atoms with van der Waals surface area (Å²) in [5.74, 6) is 1.40. The molecule has 1 unspecified atom stereocenters. The van der Waals surface area contributed by atoms with Crippen molar-refractivity contribution in [3.63, 3.8) is 0 Å². The fraction of sp³-hybridized carbons (Fsp3) is 0.148. The van der Waals surface area contributed by atoms with E-state index in [0.29, 0.717) is 40.0 Å². The third-order valence-corrected chi connectivity index (χ3v) is 5.91. The molecule has 0 fully saturated rings. The maximum absolute atomic E-state index is 13.7. The molecule has 35 heavy (non-hydrogen) atoms. The average molecular weight is 468 g/mol. The summed E-state index contributed by atoms with van der Waals surface area (Å²) in [6, 6.07) is 21.4. The van der Waals surface area contributed by atoms with Crippen LogP contribution in [0.3, 0.4) is 0 Å². The zero-order valence-electron chi connectivity index (χ0n) is 19.6. The van der Waals surface area contributed by atoms with Gasteiger partial charge in [-0.15, -0.1) is 5.10 Å². The van der Waals surface area contributed by atoms with Gasteiger partial charge in [0.05, 0.1) is 18.4 Å². The van der Waals surface area contributed by atoms with Crippen molar-refractivity contribution in [2.24, 2.45) is 0 Å². The monoisotopic (exact) mass is 467 g/mol. The summed E-state index contributed by atoms with van der Waals surface area (Å²) in [4.78, 5) is 18.4. The van der Waals surface area contributed by atoms with Gasteiger partial charge in [-0.3, -0.25) is 4.79 Å². The molecule has 176 valence electrons. The third-order valence-electron chi connectivity index (χ3n) is 5.91. The maximum atomic E-state index is 13.7. The molecule has 0 saturated carbocycles. The van der Waals surface area contributed by atoms with E-state index >= 15 is 0 Å². The first kappa shape index (κ1) is 22.2. The van der Waals surface area contributed by atoms with Crippen molar-refractivity contribution in [1.82, 2.24) is 14.8 Å². The molecule has 1 aromatic heterocycles. The van der Waals surface area contributed by atoms with Crippen molar-refractivity contribution in [2.45, 2.75) is 19.9 Å². The van der Waals surface area contributed by atoms with E-state index in [1.807, 2.05) is 56.3 Å². The number of hydrogen-bond acceptors (Lipinski definition) is 6. The van der Waals surface area contributed by atoms with Crippen molar-refractivity contribution in [3.05, 3.63) is 95.2 Å². The van der Waals surface area contributed by atoms with E-state index in [1.54, 1.807) is 42.1 Å². The highest BCUT2D eigenvalue weighted by molar-refractivity contribution is 6.06. The van der Waals surface area contributed by atoms with Gasteiger partial charge in [0, 0.05) is 11.3 Å². The van der Waals surface area contributed by atoms with Crippen LogP contribution in [0, 0.1) is 6.92 Å². The van der Waals surface area contributed by atoms with Crippen LogP contribution < -0.4 is 15.4 Å². The summed E-state index contributed by atoms with van der Waals surface area (Å²) < 4.78 is 7.09. The van der Waals surface area contributed by atoms with Crippen molar-refractivity contribution < 1.29 is 14.6 Å². The van der Waals surface area contributed by atoms with Crippen LogP contribution in [0.4, 0.5) is 11.6 Å². The number of allylic oxidation sites excluding steroid dienone is 1. The van der Waals surface area contributed by atoms with Crippen LogP contribution in [0.25, 0.3) is 11.4 Å². The number of fused-ring (bicyclic) bond motifs is 1. The zero-order chi connectivity index (χ0) is 24.5. The molecule has 2 heterocycles. The van der Waals surface area contributed by atoms with Crippen LogP contribution in [-0.2, 0) is 4.79 Å². The molecule has 0 saturated heterocycles. The third kappa shape index (κ3) is 4.21. The number of nitrogens with zero attached hydrogens (tertiary/aromatic N) is 3. The predicted molar refractivity (Wildman–Crippen MR) is 134 cm³/mol. The highest BCUT2D eigenvalue weighted by Gasteiger charge is 2.35. The van der Waals surface area contributed by atoms with E-state index in [4.69, 9.17) is 14.8 Å². The predicted octanol–water partition coefficient (Wildman–Crippen LogP) is 4.90.